The Morgan fingerprint density at radius 1 is 1.33 bits per heavy atom. The molecule has 0 aliphatic carbocycles. The molecule has 0 unspecified atom stereocenters. The Kier molecular flexibility index (Phi) is 4.08. The van der Waals surface area contributed by atoms with Gasteiger partial charge in [0, 0.05) is 12.7 Å². The number of nitrogens with zero attached hydrogens (tertiary/aromatic N) is 2. The molecule has 21 heavy (non-hydrogen) atoms. The van der Waals surface area contributed by atoms with Gasteiger partial charge in [0.15, 0.2) is 0 Å². The summed E-state index contributed by atoms with van der Waals surface area (Å²) in [5, 5.41) is 6.48. The first-order valence-corrected chi connectivity index (χ1v) is 5.99. The monoisotopic (exact) mass is 319 g/mol. The second-order valence-corrected chi connectivity index (χ2v) is 4.40. The van der Waals surface area contributed by atoms with Crippen LogP contribution in [-0.4, -0.2) is 22.1 Å². The van der Waals surface area contributed by atoms with Crippen LogP contribution in [0.25, 0.3) is 0 Å². The van der Waals surface area contributed by atoms with Crippen molar-refractivity contribution in [3.8, 4) is 5.75 Å². The lowest BCUT2D eigenvalue weighted by atomic mass is 10.3. The topological polar surface area (TPSA) is 56.2 Å². The molecule has 2 rings (SSSR count). The Morgan fingerprint density at radius 2 is 1.95 bits per heavy atom. The third-order valence-electron chi connectivity index (χ3n) is 2.45. The van der Waals surface area contributed by atoms with E-state index in [9.17, 15) is 18.0 Å². The molecule has 2 aromatic rings. The summed E-state index contributed by atoms with van der Waals surface area (Å²) in [5.41, 5.74) is 0.444. The summed E-state index contributed by atoms with van der Waals surface area (Å²) in [6, 6.07) is 4.74. The smallest absolute Gasteiger partial charge is 0.406 e. The van der Waals surface area contributed by atoms with Crippen LogP contribution in [0, 0.1) is 0 Å². The van der Waals surface area contributed by atoms with E-state index in [-0.39, 0.29) is 16.5 Å². The van der Waals surface area contributed by atoms with Crippen LogP contribution in [0.5, 0.6) is 5.75 Å². The van der Waals surface area contributed by atoms with Gasteiger partial charge in [0.05, 0.1) is 11.2 Å². The minimum atomic E-state index is -4.76. The number of hydrogen-bond acceptors (Lipinski definition) is 3. The van der Waals surface area contributed by atoms with E-state index >= 15 is 0 Å². The third-order valence-corrected chi connectivity index (χ3v) is 2.73. The molecule has 1 amide bonds. The van der Waals surface area contributed by atoms with Gasteiger partial charge in [-0.25, -0.2) is 0 Å². The van der Waals surface area contributed by atoms with E-state index in [1.54, 1.807) is 7.05 Å². The van der Waals surface area contributed by atoms with Gasteiger partial charge < -0.3 is 10.1 Å². The van der Waals surface area contributed by atoms with Crippen molar-refractivity contribution in [3.05, 3.63) is 41.2 Å². The van der Waals surface area contributed by atoms with E-state index in [0.29, 0.717) is 5.69 Å². The average Bonchev–Trinajstić information content (AvgIpc) is 2.70. The standard InChI is InChI=1S/C12H9ClF3N3O2/c1-19-10(9(13)6-17-19)11(20)18-7-2-4-8(5-3-7)21-12(14,15)16/h2-6H,1H3,(H,18,20). The summed E-state index contributed by atoms with van der Waals surface area (Å²) in [6.45, 7) is 0. The summed E-state index contributed by atoms with van der Waals surface area (Å²) in [7, 11) is 1.54. The van der Waals surface area contributed by atoms with Crippen LogP contribution in [0.1, 0.15) is 10.5 Å². The lowest BCUT2D eigenvalue weighted by molar-refractivity contribution is -0.274. The van der Waals surface area contributed by atoms with Crippen molar-refractivity contribution in [1.82, 2.24) is 9.78 Å². The SMILES string of the molecule is Cn1ncc(Cl)c1C(=O)Nc1ccc(OC(F)(F)F)cc1. The van der Waals surface area contributed by atoms with Crippen LogP contribution in [0.2, 0.25) is 5.02 Å². The highest BCUT2D eigenvalue weighted by atomic mass is 35.5. The molecule has 0 saturated heterocycles. The first kappa shape index (κ1) is 15.2. The van der Waals surface area contributed by atoms with E-state index in [1.165, 1.54) is 23.0 Å². The molecule has 5 nitrogen and oxygen atoms in total. The van der Waals surface area contributed by atoms with E-state index in [4.69, 9.17) is 11.6 Å². The summed E-state index contributed by atoms with van der Waals surface area (Å²) in [4.78, 5) is 12.0. The normalized spacial score (nSPS) is 11.3. The van der Waals surface area contributed by atoms with Gasteiger partial charge in [0.1, 0.15) is 11.4 Å². The number of anilines is 1. The van der Waals surface area contributed by atoms with E-state index in [1.807, 2.05) is 0 Å². The molecule has 1 aromatic carbocycles. The summed E-state index contributed by atoms with van der Waals surface area (Å²) < 4.78 is 41.0. The Hall–Kier alpha value is -2.22. The van der Waals surface area contributed by atoms with Gasteiger partial charge in [-0.1, -0.05) is 11.6 Å². The summed E-state index contributed by atoms with van der Waals surface area (Å²) in [6.07, 6.45) is -3.44. The fraction of sp³-hybridized carbons (Fsp3) is 0.167. The van der Waals surface area contributed by atoms with Crippen molar-refractivity contribution >= 4 is 23.2 Å². The molecule has 0 bridgehead atoms. The van der Waals surface area contributed by atoms with Gasteiger partial charge in [-0.05, 0) is 24.3 Å². The zero-order valence-corrected chi connectivity index (χ0v) is 11.4. The highest BCUT2D eigenvalue weighted by Gasteiger charge is 2.31. The third kappa shape index (κ3) is 3.88. The second-order valence-electron chi connectivity index (χ2n) is 3.99. The Labute approximate surface area is 122 Å². The number of carbonyl (C=O) groups excluding carboxylic acids is 1. The van der Waals surface area contributed by atoms with Crippen molar-refractivity contribution in [2.24, 2.45) is 7.05 Å². The van der Waals surface area contributed by atoms with Gasteiger partial charge in [0.2, 0.25) is 0 Å². The van der Waals surface area contributed by atoms with E-state index in [0.717, 1.165) is 12.1 Å². The molecule has 112 valence electrons. The molecule has 9 heteroatoms. The van der Waals surface area contributed by atoms with Gasteiger partial charge in [-0.15, -0.1) is 13.2 Å². The molecular weight excluding hydrogens is 311 g/mol. The maximum Gasteiger partial charge on any atom is 0.573 e. The van der Waals surface area contributed by atoms with E-state index in [2.05, 4.69) is 15.2 Å². The molecule has 0 saturated carbocycles. The molecule has 1 N–H and O–H groups in total. The number of hydrogen-bond donors (Lipinski definition) is 1. The zero-order chi connectivity index (χ0) is 15.6. The van der Waals surface area contributed by atoms with Crippen molar-refractivity contribution < 1.29 is 22.7 Å². The lowest BCUT2D eigenvalue weighted by Crippen LogP contribution is -2.18. The number of benzene rings is 1. The number of carbonyl (C=O) groups is 1. The fourth-order valence-corrected chi connectivity index (χ4v) is 1.85. The van der Waals surface area contributed by atoms with Crippen molar-refractivity contribution in [1.29, 1.82) is 0 Å². The second kappa shape index (κ2) is 5.65. The Balaban J connectivity index is 2.09. The van der Waals surface area contributed by atoms with Gasteiger partial charge >= 0.3 is 6.36 Å². The molecule has 1 heterocycles. The highest BCUT2D eigenvalue weighted by Crippen LogP contribution is 2.24. The fourth-order valence-electron chi connectivity index (χ4n) is 1.60. The van der Waals surface area contributed by atoms with Crippen LogP contribution in [-0.2, 0) is 7.05 Å². The maximum absolute atomic E-state index is 12.0. The van der Waals surface area contributed by atoms with E-state index < -0.39 is 12.3 Å². The van der Waals surface area contributed by atoms with Crippen molar-refractivity contribution in [2.75, 3.05) is 5.32 Å². The van der Waals surface area contributed by atoms with Crippen LogP contribution < -0.4 is 10.1 Å². The van der Waals surface area contributed by atoms with Crippen LogP contribution in [0.3, 0.4) is 0 Å². The first-order chi connectivity index (χ1) is 9.76. The van der Waals surface area contributed by atoms with Crippen LogP contribution >= 0.6 is 11.6 Å². The Bertz CT molecular complexity index is 633. The molecule has 0 atom stereocenters. The molecule has 0 aliphatic heterocycles. The largest absolute Gasteiger partial charge is 0.573 e. The summed E-state index contributed by atoms with van der Waals surface area (Å²) >= 11 is 5.81. The molecule has 0 aliphatic rings. The number of rotatable bonds is 3. The molecule has 1 aromatic heterocycles. The maximum atomic E-state index is 12.0. The van der Waals surface area contributed by atoms with Gasteiger partial charge in [-0.2, -0.15) is 5.10 Å². The predicted molar refractivity (Wildman–Crippen MR) is 69.3 cm³/mol. The van der Waals surface area contributed by atoms with Gasteiger partial charge in [0.25, 0.3) is 5.91 Å². The molecule has 0 radical (unpaired) electrons. The molecule has 0 spiro atoms. The zero-order valence-electron chi connectivity index (χ0n) is 10.6. The lowest BCUT2D eigenvalue weighted by Gasteiger charge is -2.10. The quantitative estimate of drug-likeness (QED) is 0.945. The number of amides is 1. The number of aromatic nitrogens is 2. The summed E-state index contributed by atoms with van der Waals surface area (Å²) in [5.74, 6) is -0.899. The number of aryl methyl sites for hydroxylation is 1. The number of ether oxygens (including phenoxy) is 1. The predicted octanol–water partition coefficient (Wildman–Crippen LogP) is 3.22. The first-order valence-electron chi connectivity index (χ1n) is 5.61. The minimum absolute atomic E-state index is 0.146. The van der Waals surface area contributed by atoms with Crippen molar-refractivity contribution in [3.63, 3.8) is 0 Å². The van der Waals surface area contributed by atoms with Crippen LogP contribution in [0.15, 0.2) is 30.5 Å². The highest BCUT2D eigenvalue weighted by molar-refractivity contribution is 6.34. The van der Waals surface area contributed by atoms with Crippen molar-refractivity contribution in [2.45, 2.75) is 6.36 Å². The number of alkyl halides is 3. The minimum Gasteiger partial charge on any atom is -0.406 e. The average molecular weight is 320 g/mol. The number of halogens is 4. The Morgan fingerprint density at radius 3 is 2.43 bits per heavy atom. The van der Waals surface area contributed by atoms with Crippen LogP contribution in [0.4, 0.5) is 18.9 Å². The molecule has 0 fully saturated rings. The number of nitrogens with one attached hydrogen (secondary N) is 1. The molecular formula is C12H9ClF3N3O2. The van der Waals surface area contributed by atoms with Gasteiger partial charge in [-0.3, -0.25) is 9.48 Å².